The molecule has 0 aromatic carbocycles. The van der Waals surface area contributed by atoms with E-state index in [1.165, 1.54) is 0 Å². The third-order valence-electron chi connectivity index (χ3n) is 1.38. The molecule has 2 heteroatoms. The van der Waals surface area contributed by atoms with Gasteiger partial charge < -0.3 is 9.47 Å². The Morgan fingerprint density at radius 3 is 3.00 bits per heavy atom. The van der Waals surface area contributed by atoms with Crippen molar-refractivity contribution < 1.29 is 9.47 Å². The molecule has 56 valence electrons. The van der Waals surface area contributed by atoms with E-state index in [2.05, 4.69) is 13.5 Å². The zero-order valence-corrected chi connectivity index (χ0v) is 6.22. The maximum Gasteiger partial charge on any atom is 0.230 e. The van der Waals surface area contributed by atoms with Crippen LogP contribution in [-0.2, 0) is 9.47 Å². The van der Waals surface area contributed by atoms with Gasteiger partial charge in [0.1, 0.15) is 5.76 Å². The molecular formula is C8H12O2. The predicted molar refractivity (Wildman–Crippen MR) is 39.2 cm³/mol. The smallest absolute Gasteiger partial charge is 0.230 e. The Kier molecular flexibility index (Phi) is 2.37. The quantitative estimate of drug-likeness (QED) is 0.598. The molecule has 0 amide bonds. The largest absolute Gasteiger partial charge is 0.458 e. The predicted octanol–water partition coefficient (Wildman–Crippen LogP) is 2.19. The SMILES string of the molecule is C=CC1=C(CCC)OCO1. The van der Waals surface area contributed by atoms with Gasteiger partial charge in [-0.2, -0.15) is 0 Å². The fourth-order valence-electron chi connectivity index (χ4n) is 0.911. The lowest BCUT2D eigenvalue weighted by molar-refractivity contribution is 0.0720. The van der Waals surface area contributed by atoms with Crippen LogP contribution in [0.15, 0.2) is 24.2 Å². The van der Waals surface area contributed by atoms with Crippen LogP contribution < -0.4 is 0 Å². The Morgan fingerprint density at radius 2 is 2.40 bits per heavy atom. The number of allylic oxidation sites excluding steroid dienone is 2. The van der Waals surface area contributed by atoms with Gasteiger partial charge in [-0.15, -0.1) is 0 Å². The summed E-state index contributed by atoms with van der Waals surface area (Å²) in [6.45, 7) is 6.08. The van der Waals surface area contributed by atoms with Gasteiger partial charge in [-0.3, -0.25) is 0 Å². The summed E-state index contributed by atoms with van der Waals surface area (Å²) in [5, 5.41) is 0. The zero-order valence-electron chi connectivity index (χ0n) is 6.22. The van der Waals surface area contributed by atoms with Gasteiger partial charge in [-0.05, 0) is 12.5 Å². The van der Waals surface area contributed by atoms with E-state index >= 15 is 0 Å². The van der Waals surface area contributed by atoms with Gasteiger partial charge in [0.15, 0.2) is 5.76 Å². The lowest BCUT2D eigenvalue weighted by Crippen LogP contribution is -1.84. The van der Waals surface area contributed by atoms with Gasteiger partial charge in [-0.25, -0.2) is 0 Å². The second-order valence-electron chi connectivity index (χ2n) is 2.15. The maximum atomic E-state index is 5.18. The summed E-state index contributed by atoms with van der Waals surface area (Å²) >= 11 is 0. The van der Waals surface area contributed by atoms with Crippen LogP contribution in [0, 0.1) is 0 Å². The lowest BCUT2D eigenvalue weighted by atomic mass is 10.2. The van der Waals surface area contributed by atoms with E-state index in [0.717, 1.165) is 24.4 Å². The molecule has 0 atom stereocenters. The first-order valence-corrected chi connectivity index (χ1v) is 3.49. The molecule has 0 saturated heterocycles. The minimum Gasteiger partial charge on any atom is -0.458 e. The van der Waals surface area contributed by atoms with Crippen molar-refractivity contribution in [2.45, 2.75) is 19.8 Å². The molecule has 0 bridgehead atoms. The zero-order chi connectivity index (χ0) is 7.40. The highest BCUT2D eigenvalue weighted by Crippen LogP contribution is 2.20. The maximum absolute atomic E-state index is 5.18. The summed E-state index contributed by atoms with van der Waals surface area (Å²) in [6.07, 6.45) is 3.72. The highest BCUT2D eigenvalue weighted by atomic mass is 16.7. The summed E-state index contributed by atoms with van der Waals surface area (Å²) in [5.41, 5.74) is 0. The van der Waals surface area contributed by atoms with Crippen LogP contribution >= 0.6 is 0 Å². The molecular weight excluding hydrogens is 128 g/mol. The van der Waals surface area contributed by atoms with E-state index in [1.807, 2.05) is 0 Å². The number of hydrogen-bond donors (Lipinski definition) is 0. The fraction of sp³-hybridized carbons (Fsp3) is 0.500. The van der Waals surface area contributed by atoms with Crippen LogP contribution in [0.4, 0.5) is 0 Å². The van der Waals surface area contributed by atoms with Crippen LogP contribution in [0.2, 0.25) is 0 Å². The summed E-state index contributed by atoms with van der Waals surface area (Å²) < 4.78 is 10.3. The first-order chi connectivity index (χ1) is 4.88. The summed E-state index contributed by atoms with van der Waals surface area (Å²) in [4.78, 5) is 0. The van der Waals surface area contributed by atoms with Crippen molar-refractivity contribution in [2.75, 3.05) is 6.79 Å². The molecule has 0 unspecified atom stereocenters. The number of rotatable bonds is 3. The third kappa shape index (κ3) is 1.32. The van der Waals surface area contributed by atoms with Gasteiger partial charge in [-0.1, -0.05) is 13.5 Å². The van der Waals surface area contributed by atoms with Crippen molar-refractivity contribution in [3.05, 3.63) is 24.2 Å². The van der Waals surface area contributed by atoms with Crippen molar-refractivity contribution in [1.29, 1.82) is 0 Å². The standard InChI is InChI=1S/C8H12O2/c1-3-5-8-7(4-2)9-6-10-8/h4H,2-3,5-6H2,1H3. The molecule has 0 aromatic rings. The minimum absolute atomic E-state index is 0.358. The van der Waals surface area contributed by atoms with E-state index in [0.29, 0.717) is 6.79 Å². The molecule has 0 spiro atoms. The van der Waals surface area contributed by atoms with Gasteiger partial charge in [0.25, 0.3) is 0 Å². The van der Waals surface area contributed by atoms with Crippen molar-refractivity contribution in [2.24, 2.45) is 0 Å². The molecule has 1 rings (SSSR count). The van der Waals surface area contributed by atoms with E-state index in [9.17, 15) is 0 Å². The first kappa shape index (κ1) is 7.19. The number of ether oxygens (including phenoxy) is 2. The molecule has 2 nitrogen and oxygen atoms in total. The van der Waals surface area contributed by atoms with Crippen LogP contribution in [-0.4, -0.2) is 6.79 Å². The summed E-state index contributed by atoms with van der Waals surface area (Å²) in [7, 11) is 0. The van der Waals surface area contributed by atoms with Crippen molar-refractivity contribution in [3.63, 3.8) is 0 Å². The Balaban J connectivity index is 2.58. The van der Waals surface area contributed by atoms with E-state index < -0.39 is 0 Å². The molecule has 0 saturated carbocycles. The van der Waals surface area contributed by atoms with Crippen molar-refractivity contribution >= 4 is 0 Å². The molecule has 1 aliphatic heterocycles. The molecule has 0 radical (unpaired) electrons. The van der Waals surface area contributed by atoms with E-state index in [1.54, 1.807) is 6.08 Å². The Labute approximate surface area is 61.1 Å². The van der Waals surface area contributed by atoms with Crippen LogP contribution in [0.5, 0.6) is 0 Å². The van der Waals surface area contributed by atoms with Crippen LogP contribution in [0.3, 0.4) is 0 Å². The second kappa shape index (κ2) is 3.30. The topological polar surface area (TPSA) is 18.5 Å². The van der Waals surface area contributed by atoms with Crippen LogP contribution in [0.25, 0.3) is 0 Å². The van der Waals surface area contributed by atoms with E-state index in [-0.39, 0.29) is 0 Å². The monoisotopic (exact) mass is 140 g/mol. The highest BCUT2D eigenvalue weighted by Gasteiger charge is 2.12. The molecule has 1 aliphatic rings. The average Bonchev–Trinajstić information content (AvgIpc) is 2.36. The highest BCUT2D eigenvalue weighted by molar-refractivity contribution is 5.15. The second-order valence-corrected chi connectivity index (χ2v) is 2.15. The van der Waals surface area contributed by atoms with Gasteiger partial charge >= 0.3 is 0 Å². The molecule has 0 N–H and O–H groups in total. The molecule has 0 aliphatic carbocycles. The Morgan fingerprint density at radius 1 is 1.60 bits per heavy atom. The average molecular weight is 140 g/mol. The van der Waals surface area contributed by atoms with Gasteiger partial charge in [0, 0.05) is 6.42 Å². The molecule has 0 fully saturated rings. The lowest BCUT2D eigenvalue weighted by Gasteiger charge is -1.96. The third-order valence-corrected chi connectivity index (χ3v) is 1.38. The van der Waals surface area contributed by atoms with Crippen molar-refractivity contribution in [1.82, 2.24) is 0 Å². The molecule has 1 heterocycles. The van der Waals surface area contributed by atoms with Gasteiger partial charge in [0.05, 0.1) is 0 Å². The number of hydrogen-bond acceptors (Lipinski definition) is 2. The van der Waals surface area contributed by atoms with E-state index in [4.69, 9.17) is 9.47 Å². The minimum atomic E-state index is 0.358. The Hall–Kier alpha value is -0.920. The summed E-state index contributed by atoms with van der Waals surface area (Å²) in [6, 6.07) is 0. The Bertz CT molecular complexity index is 159. The molecule has 0 aromatic heterocycles. The van der Waals surface area contributed by atoms with Gasteiger partial charge in [0.2, 0.25) is 6.79 Å². The fourth-order valence-corrected chi connectivity index (χ4v) is 0.911. The normalized spacial score (nSPS) is 16.5. The molecule has 10 heavy (non-hydrogen) atoms. The van der Waals surface area contributed by atoms with Crippen LogP contribution in [0.1, 0.15) is 19.8 Å². The van der Waals surface area contributed by atoms with Crippen molar-refractivity contribution in [3.8, 4) is 0 Å². The summed E-state index contributed by atoms with van der Waals surface area (Å²) in [5.74, 6) is 1.75. The first-order valence-electron chi connectivity index (χ1n) is 3.49.